The fraction of sp³-hybridized carbons (Fsp3) is 0.308. The number of rotatable bonds is 5. The van der Waals surface area contributed by atoms with Crippen molar-refractivity contribution in [3.8, 4) is 11.5 Å². The first-order valence-electron chi connectivity index (χ1n) is 5.64. The second-order valence-corrected chi connectivity index (χ2v) is 5.00. The molecule has 18 heavy (non-hydrogen) atoms. The molecule has 96 valence electrons. The average molecular weight is 264 g/mol. The second-order valence-electron chi connectivity index (χ2n) is 3.85. The Morgan fingerprint density at radius 3 is 2.56 bits per heavy atom. The summed E-state index contributed by atoms with van der Waals surface area (Å²) in [7, 11) is 3.28. The van der Waals surface area contributed by atoms with Gasteiger partial charge in [0, 0.05) is 11.1 Å². The zero-order valence-corrected chi connectivity index (χ0v) is 11.3. The summed E-state index contributed by atoms with van der Waals surface area (Å²) in [5.74, 6) is 1.52. The molecule has 4 nitrogen and oxygen atoms in total. The SMILES string of the molecule is COc1ccc(CCc2cnc(N)s2)cc1OC. The first kappa shape index (κ1) is 12.7. The molecule has 2 rings (SSSR count). The standard InChI is InChI=1S/C13H16N2O2S/c1-16-11-6-4-9(7-12(11)17-2)3-5-10-8-15-13(14)18-10/h4,6-8H,3,5H2,1-2H3,(H2,14,15). The lowest BCUT2D eigenvalue weighted by Crippen LogP contribution is -1.94. The van der Waals surface area contributed by atoms with Crippen LogP contribution in [0.5, 0.6) is 11.5 Å². The Kier molecular flexibility index (Phi) is 4.04. The van der Waals surface area contributed by atoms with E-state index < -0.39 is 0 Å². The molecule has 0 aliphatic carbocycles. The zero-order valence-electron chi connectivity index (χ0n) is 10.5. The molecule has 2 N–H and O–H groups in total. The molecule has 1 aromatic carbocycles. The van der Waals surface area contributed by atoms with Gasteiger partial charge in [0.1, 0.15) is 0 Å². The third kappa shape index (κ3) is 2.92. The van der Waals surface area contributed by atoms with E-state index in [4.69, 9.17) is 15.2 Å². The van der Waals surface area contributed by atoms with Crippen molar-refractivity contribution in [3.63, 3.8) is 0 Å². The van der Waals surface area contributed by atoms with Crippen molar-refractivity contribution in [2.45, 2.75) is 12.8 Å². The molecular formula is C13H16N2O2S. The molecule has 0 spiro atoms. The highest BCUT2D eigenvalue weighted by molar-refractivity contribution is 7.15. The summed E-state index contributed by atoms with van der Waals surface area (Å²) in [6, 6.07) is 5.98. The van der Waals surface area contributed by atoms with Crippen LogP contribution in [0, 0.1) is 0 Å². The monoisotopic (exact) mass is 264 g/mol. The van der Waals surface area contributed by atoms with E-state index in [1.54, 1.807) is 14.2 Å². The highest BCUT2D eigenvalue weighted by Gasteiger charge is 2.05. The molecule has 0 saturated carbocycles. The van der Waals surface area contributed by atoms with Gasteiger partial charge in [0.25, 0.3) is 0 Å². The first-order chi connectivity index (χ1) is 8.72. The zero-order chi connectivity index (χ0) is 13.0. The van der Waals surface area contributed by atoms with Crippen molar-refractivity contribution < 1.29 is 9.47 Å². The maximum Gasteiger partial charge on any atom is 0.180 e. The van der Waals surface area contributed by atoms with Crippen LogP contribution in [0.2, 0.25) is 0 Å². The summed E-state index contributed by atoms with van der Waals surface area (Å²) in [5.41, 5.74) is 6.81. The number of nitrogens with zero attached hydrogens (tertiary/aromatic N) is 1. The summed E-state index contributed by atoms with van der Waals surface area (Å²) in [5, 5.41) is 0.623. The van der Waals surface area contributed by atoms with Gasteiger partial charge in [0.2, 0.25) is 0 Å². The number of aryl methyl sites for hydroxylation is 2. The van der Waals surface area contributed by atoms with Gasteiger partial charge in [-0.15, -0.1) is 11.3 Å². The van der Waals surface area contributed by atoms with E-state index in [9.17, 15) is 0 Å². The summed E-state index contributed by atoms with van der Waals surface area (Å²) in [6.07, 6.45) is 3.70. The number of anilines is 1. The Hall–Kier alpha value is -1.75. The number of methoxy groups -OCH3 is 2. The Bertz CT molecular complexity index is 525. The number of thiazole rings is 1. The van der Waals surface area contributed by atoms with Gasteiger partial charge in [0.05, 0.1) is 14.2 Å². The Morgan fingerprint density at radius 2 is 1.94 bits per heavy atom. The smallest absolute Gasteiger partial charge is 0.180 e. The van der Waals surface area contributed by atoms with E-state index >= 15 is 0 Å². The van der Waals surface area contributed by atoms with Crippen molar-refractivity contribution >= 4 is 16.5 Å². The van der Waals surface area contributed by atoms with Gasteiger partial charge >= 0.3 is 0 Å². The molecule has 0 atom stereocenters. The maximum atomic E-state index is 5.60. The quantitative estimate of drug-likeness (QED) is 0.901. The highest BCUT2D eigenvalue weighted by atomic mass is 32.1. The number of nitrogen functional groups attached to an aromatic ring is 1. The third-order valence-electron chi connectivity index (χ3n) is 2.68. The minimum absolute atomic E-state index is 0.623. The van der Waals surface area contributed by atoms with Crippen molar-refractivity contribution in [1.82, 2.24) is 4.98 Å². The molecular weight excluding hydrogens is 248 g/mol. The molecule has 0 aliphatic rings. The predicted molar refractivity (Wildman–Crippen MR) is 73.5 cm³/mol. The normalized spacial score (nSPS) is 10.3. The van der Waals surface area contributed by atoms with Crippen LogP contribution in [0.1, 0.15) is 10.4 Å². The number of ether oxygens (including phenoxy) is 2. The van der Waals surface area contributed by atoms with E-state index in [-0.39, 0.29) is 0 Å². The van der Waals surface area contributed by atoms with Crippen molar-refractivity contribution in [2.24, 2.45) is 0 Å². The average Bonchev–Trinajstić information content (AvgIpc) is 2.81. The number of hydrogen-bond acceptors (Lipinski definition) is 5. The molecule has 1 aromatic heterocycles. The summed E-state index contributed by atoms with van der Waals surface area (Å²) in [6.45, 7) is 0. The number of benzene rings is 1. The van der Waals surface area contributed by atoms with Gasteiger partial charge in [-0.1, -0.05) is 6.07 Å². The minimum atomic E-state index is 0.623. The second kappa shape index (κ2) is 5.73. The highest BCUT2D eigenvalue weighted by Crippen LogP contribution is 2.28. The van der Waals surface area contributed by atoms with E-state index in [1.165, 1.54) is 21.8 Å². The van der Waals surface area contributed by atoms with Crippen LogP contribution in [0.15, 0.2) is 24.4 Å². The van der Waals surface area contributed by atoms with Gasteiger partial charge in [-0.25, -0.2) is 4.98 Å². The topological polar surface area (TPSA) is 57.4 Å². The number of nitrogens with two attached hydrogens (primary N) is 1. The largest absolute Gasteiger partial charge is 0.493 e. The molecule has 0 radical (unpaired) electrons. The number of aromatic nitrogens is 1. The fourth-order valence-corrected chi connectivity index (χ4v) is 2.43. The molecule has 0 aliphatic heterocycles. The van der Waals surface area contributed by atoms with Crippen LogP contribution in [-0.4, -0.2) is 19.2 Å². The van der Waals surface area contributed by atoms with Gasteiger partial charge in [-0.2, -0.15) is 0 Å². The molecule has 2 aromatic rings. The molecule has 0 saturated heterocycles. The summed E-state index contributed by atoms with van der Waals surface area (Å²) < 4.78 is 10.5. The van der Waals surface area contributed by atoms with Crippen LogP contribution in [0.25, 0.3) is 0 Å². The third-order valence-corrected chi connectivity index (χ3v) is 3.57. The van der Waals surface area contributed by atoms with Gasteiger partial charge in [-0.3, -0.25) is 0 Å². The molecule has 0 fully saturated rings. The van der Waals surface area contributed by atoms with Gasteiger partial charge in [-0.05, 0) is 30.5 Å². The van der Waals surface area contributed by atoms with Crippen LogP contribution in [0.3, 0.4) is 0 Å². The first-order valence-corrected chi connectivity index (χ1v) is 6.45. The van der Waals surface area contributed by atoms with Crippen molar-refractivity contribution in [3.05, 3.63) is 34.8 Å². The summed E-state index contributed by atoms with van der Waals surface area (Å²) >= 11 is 1.54. The molecule has 1 heterocycles. The van der Waals surface area contributed by atoms with Crippen molar-refractivity contribution in [2.75, 3.05) is 20.0 Å². The molecule has 0 unspecified atom stereocenters. The Balaban J connectivity index is 2.05. The van der Waals surface area contributed by atoms with Gasteiger partial charge < -0.3 is 15.2 Å². The van der Waals surface area contributed by atoms with Crippen LogP contribution in [-0.2, 0) is 12.8 Å². The Labute approximate surface area is 110 Å². The van der Waals surface area contributed by atoms with E-state index in [0.29, 0.717) is 5.13 Å². The maximum absolute atomic E-state index is 5.60. The molecule has 0 bridgehead atoms. The predicted octanol–water partition coefficient (Wildman–Crippen LogP) is 2.53. The van der Waals surface area contributed by atoms with Crippen LogP contribution >= 0.6 is 11.3 Å². The summed E-state index contributed by atoms with van der Waals surface area (Å²) in [4.78, 5) is 5.24. The minimum Gasteiger partial charge on any atom is -0.493 e. The number of hydrogen-bond donors (Lipinski definition) is 1. The van der Waals surface area contributed by atoms with Crippen molar-refractivity contribution in [1.29, 1.82) is 0 Å². The lowest BCUT2D eigenvalue weighted by molar-refractivity contribution is 0.354. The van der Waals surface area contributed by atoms with E-state index in [2.05, 4.69) is 4.98 Å². The van der Waals surface area contributed by atoms with Crippen LogP contribution in [0.4, 0.5) is 5.13 Å². The molecule has 0 amide bonds. The van der Waals surface area contributed by atoms with Crippen LogP contribution < -0.4 is 15.2 Å². The Morgan fingerprint density at radius 1 is 1.17 bits per heavy atom. The lowest BCUT2D eigenvalue weighted by atomic mass is 10.1. The van der Waals surface area contributed by atoms with E-state index in [0.717, 1.165) is 24.3 Å². The van der Waals surface area contributed by atoms with Gasteiger partial charge in [0.15, 0.2) is 16.6 Å². The molecule has 5 heteroatoms. The lowest BCUT2D eigenvalue weighted by Gasteiger charge is -2.09. The van der Waals surface area contributed by atoms with E-state index in [1.807, 2.05) is 24.4 Å². The fourth-order valence-electron chi connectivity index (χ4n) is 1.74.